The van der Waals surface area contributed by atoms with Crippen LogP contribution in [0.4, 0.5) is 8.78 Å². The maximum atomic E-state index is 12.7. The fourth-order valence-corrected chi connectivity index (χ4v) is 3.42. The van der Waals surface area contributed by atoms with Crippen molar-refractivity contribution in [2.45, 2.75) is 54.0 Å². The molecule has 0 aliphatic carbocycles. The van der Waals surface area contributed by atoms with Gasteiger partial charge in [-0.25, -0.2) is 8.42 Å². The molecule has 0 amide bonds. The average molecular weight is 271 g/mol. The maximum Gasteiger partial charge on any atom is 0.311 e. The van der Waals surface area contributed by atoms with E-state index in [9.17, 15) is 17.2 Å². The van der Waals surface area contributed by atoms with E-state index in [1.54, 1.807) is 13.8 Å². The van der Waals surface area contributed by atoms with Crippen LogP contribution in [-0.2, 0) is 10.0 Å². The van der Waals surface area contributed by atoms with Crippen LogP contribution in [0.15, 0.2) is 0 Å². The number of nitrogens with one attached hydrogen (secondary N) is 1. The standard InChI is InChI=1S/C11H23F2NO2S/c1-7-9(2,3)10(4,5)8-17(15,16)14-11(6,12)13/h14H,7-8H2,1-6H3. The second kappa shape index (κ2) is 4.80. The van der Waals surface area contributed by atoms with Crippen molar-refractivity contribution < 1.29 is 17.2 Å². The van der Waals surface area contributed by atoms with Gasteiger partial charge < -0.3 is 0 Å². The van der Waals surface area contributed by atoms with E-state index < -0.39 is 21.5 Å². The summed E-state index contributed by atoms with van der Waals surface area (Å²) in [7, 11) is -3.99. The van der Waals surface area contributed by atoms with Crippen LogP contribution in [0.5, 0.6) is 0 Å². The first-order chi connectivity index (χ1) is 7.22. The molecule has 1 N–H and O–H groups in total. The molecule has 0 saturated carbocycles. The highest BCUT2D eigenvalue weighted by Crippen LogP contribution is 2.42. The Balaban J connectivity index is 4.96. The normalized spacial score (nSPS) is 15.1. The summed E-state index contributed by atoms with van der Waals surface area (Å²) in [6.07, 6.45) is 0.776. The van der Waals surface area contributed by atoms with Crippen LogP contribution in [-0.4, -0.2) is 20.2 Å². The minimum absolute atomic E-state index is 0.245. The monoisotopic (exact) mass is 271 g/mol. The van der Waals surface area contributed by atoms with Crippen LogP contribution >= 0.6 is 0 Å². The van der Waals surface area contributed by atoms with Gasteiger partial charge in [-0.2, -0.15) is 13.5 Å². The highest BCUT2D eigenvalue weighted by molar-refractivity contribution is 7.89. The molecule has 0 unspecified atom stereocenters. The lowest BCUT2D eigenvalue weighted by Gasteiger charge is -2.41. The Morgan fingerprint density at radius 2 is 1.41 bits per heavy atom. The van der Waals surface area contributed by atoms with Crippen molar-refractivity contribution >= 4 is 10.0 Å². The van der Waals surface area contributed by atoms with E-state index in [4.69, 9.17) is 0 Å². The second-order valence-electron chi connectivity index (χ2n) is 5.87. The number of halogens is 2. The van der Waals surface area contributed by atoms with Gasteiger partial charge in [-0.05, 0) is 10.8 Å². The fraction of sp³-hybridized carbons (Fsp3) is 1.00. The first-order valence-electron chi connectivity index (χ1n) is 5.62. The van der Waals surface area contributed by atoms with E-state index in [0.717, 1.165) is 6.42 Å². The van der Waals surface area contributed by atoms with Crippen LogP contribution in [0.2, 0.25) is 0 Å². The molecule has 104 valence electrons. The molecule has 0 fully saturated rings. The third-order valence-electron chi connectivity index (χ3n) is 3.60. The third kappa shape index (κ3) is 5.29. The fourth-order valence-electron chi connectivity index (χ4n) is 1.46. The third-order valence-corrected chi connectivity index (χ3v) is 5.37. The van der Waals surface area contributed by atoms with Crippen molar-refractivity contribution in [2.75, 3.05) is 5.75 Å². The van der Waals surface area contributed by atoms with Crippen molar-refractivity contribution in [3.05, 3.63) is 0 Å². The molecular formula is C11H23F2NO2S. The average Bonchev–Trinajstić information content (AvgIpc) is 1.96. The predicted octanol–water partition coefficient (Wildman–Crippen LogP) is 2.98. The summed E-state index contributed by atoms with van der Waals surface area (Å²) in [6, 6.07) is -3.41. The minimum atomic E-state index is -3.99. The van der Waals surface area contributed by atoms with Gasteiger partial charge in [-0.15, -0.1) is 0 Å². The summed E-state index contributed by atoms with van der Waals surface area (Å²) < 4.78 is 50.0. The van der Waals surface area contributed by atoms with Gasteiger partial charge >= 0.3 is 6.05 Å². The molecule has 0 heterocycles. The summed E-state index contributed by atoms with van der Waals surface area (Å²) in [5.41, 5.74) is -0.830. The number of sulfonamides is 1. The Kier molecular flexibility index (Phi) is 4.74. The zero-order chi connectivity index (χ0) is 14.1. The number of alkyl halides is 2. The van der Waals surface area contributed by atoms with Crippen molar-refractivity contribution in [3.8, 4) is 0 Å². The molecule has 0 aromatic rings. The van der Waals surface area contributed by atoms with Gasteiger partial charge in [-0.3, -0.25) is 0 Å². The molecule has 0 radical (unpaired) electrons. The van der Waals surface area contributed by atoms with Crippen molar-refractivity contribution in [1.82, 2.24) is 4.72 Å². The lowest BCUT2D eigenvalue weighted by molar-refractivity contribution is 0.00941. The van der Waals surface area contributed by atoms with Gasteiger partial charge in [0.2, 0.25) is 10.0 Å². The van der Waals surface area contributed by atoms with Gasteiger partial charge in [0, 0.05) is 6.92 Å². The lowest BCUT2D eigenvalue weighted by Crippen LogP contribution is -2.46. The minimum Gasteiger partial charge on any atom is -0.212 e. The molecule has 3 nitrogen and oxygen atoms in total. The number of rotatable bonds is 6. The van der Waals surface area contributed by atoms with Gasteiger partial charge in [-0.1, -0.05) is 41.0 Å². The Hall–Kier alpha value is -0.230. The number of hydrogen-bond donors (Lipinski definition) is 1. The summed E-state index contributed by atoms with van der Waals surface area (Å²) in [5.74, 6) is -0.315. The Morgan fingerprint density at radius 1 is 1.00 bits per heavy atom. The zero-order valence-electron chi connectivity index (χ0n) is 11.4. The zero-order valence-corrected chi connectivity index (χ0v) is 12.2. The second-order valence-corrected chi connectivity index (χ2v) is 7.59. The largest absolute Gasteiger partial charge is 0.311 e. The summed E-state index contributed by atoms with van der Waals surface area (Å²) in [4.78, 5) is 0. The predicted molar refractivity (Wildman–Crippen MR) is 65.4 cm³/mol. The summed E-state index contributed by atoms with van der Waals surface area (Å²) >= 11 is 0. The van der Waals surface area contributed by atoms with E-state index >= 15 is 0 Å². The van der Waals surface area contributed by atoms with Crippen LogP contribution in [0.1, 0.15) is 48.0 Å². The van der Waals surface area contributed by atoms with Crippen LogP contribution < -0.4 is 4.72 Å². The molecule has 0 aliphatic heterocycles. The van der Waals surface area contributed by atoms with Crippen LogP contribution in [0, 0.1) is 10.8 Å². The van der Waals surface area contributed by atoms with E-state index in [-0.39, 0.29) is 11.2 Å². The molecule has 17 heavy (non-hydrogen) atoms. The van der Waals surface area contributed by atoms with Crippen molar-refractivity contribution in [3.63, 3.8) is 0 Å². The number of hydrogen-bond acceptors (Lipinski definition) is 2. The van der Waals surface area contributed by atoms with E-state index in [1.165, 1.54) is 4.72 Å². The molecular weight excluding hydrogens is 248 g/mol. The van der Waals surface area contributed by atoms with E-state index in [2.05, 4.69) is 0 Å². The van der Waals surface area contributed by atoms with Gasteiger partial charge in [0.1, 0.15) is 0 Å². The van der Waals surface area contributed by atoms with Gasteiger partial charge in [0.05, 0.1) is 5.75 Å². The molecule has 0 bridgehead atoms. The van der Waals surface area contributed by atoms with E-state index in [1.807, 2.05) is 20.8 Å². The molecule has 0 saturated heterocycles. The smallest absolute Gasteiger partial charge is 0.212 e. The molecule has 0 spiro atoms. The quantitative estimate of drug-likeness (QED) is 0.755. The van der Waals surface area contributed by atoms with Crippen LogP contribution in [0.3, 0.4) is 0 Å². The molecule has 0 aliphatic rings. The van der Waals surface area contributed by atoms with Gasteiger partial charge in [0.15, 0.2) is 0 Å². The highest BCUT2D eigenvalue weighted by Gasteiger charge is 2.41. The van der Waals surface area contributed by atoms with Gasteiger partial charge in [0.25, 0.3) is 0 Å². The van der Waals surface area contributed by atoms with Crippen LogP contribution in [0.25, 0.3) is 0 Å². The highest BCUT2D eigenvalue weighted by atomic mass is 32.2. The summed E-state index contributed by atoms with van der Waals surface area (Å²) in [6.45, 7) is 9.92. The maximum absolute atomic E-state index is 12.7. The first-order valence-corrected chi connectivity index (χ1v) is 7.27. The SMILES string of the molecule is CCC(C)(C)C(C)(C)CS(=O)(=O)NC(C)(F)F. The Morgan fingerprint density at radius 3 is 1.71 bits per heavy atom. The first kappa shape index (κ1) is 16.8. The topological polar surface area (TPSA) is 46.2 Å². The Bertz CT molecular complexity index is 356. The lowest BCUT2D eigenvalue weighted by atomic mass is 9.68. The summed E-state index contributed by atoms with van der Waals surface area (Å²) in [5, 5.41) is 0. The molecule has 0 rings (SSSR count). The molecule has 0 atom stereocenters. The molecule has 6 heteroatoms. The molecule has 0 aromatic heterocycles. The molecule has 0 aromatic carbocycles. The van der Waals surface area contributed by atoms with Crippen molar-refractivity contribution in [1.29, 1.82) is 0 Å². The van der Waals surface area contributed by atoms with E-state index in [0.29, 0.717) is 6.92 Å². The Labute approximate surface area is 103 Å². The van der Waals surface area contributed by atoms with Crippen molar-refractivity contribution in [2.24, 2.45) is 10.8 Å².